The number of carbonyl (C=O) groups excluding carboxylic acids is 1. The molecule has 1 aromatic rings. The van der Waals surface area contributed by atoms with E-state index < -0.39 is 5.54 Å². The molecular weight excluding hydrogens is 243 g/mol. The van der Waals surface area contributed by atoms with E-state index in [2.05, 4.69) is 11.4 Å². The van der Waals surface area contributed by atoms with Crippen LogP contribution in [0.1, 0.15) is 37.7 Å². The standard InChI is InChI=1S/C15H17FN2O/c16-13-7-3-2-6-12(13)10-14(19)18-15(11-17)8-4-1-5-9-15/h2-3,6-7H,1,4-5,8-10H2,(H,18,19). The molecule has 1 amide bonds. The minimum Gasteiger partial charge on any atom is -0.338 e. The maximum atomic E-state index is 13.5. The van der Waals surface area contributed by atoms with E-state index in [1.165, 1.54) is 6.07 Å². The van der Waals surface area contributed by atoms with Gasteiger partial charge in [0.15, 0.2) is 0 Å². The normalized spacial score (nSPS) is 17.5. The molecule has 0 aliphatic heterocycles. The van der Waals surface area contributed by atoms with Crippen LogP contribution in [0.3, 0.4) is 0 Å². The summed E-state index contributed by atoms with van der Waals surface area (Å²) in [5, 5.41) is 12.1. The van der Waals surface area contributed by atoms with Gasteiger partial charge in [-0.1, -0.05) is 37.5 Å². The summed E-state index contributed by atoms with van der Waals surface area (Å²) in [5.74, 6) is -0.666. The molecule has 0 saturated heterocycles. The summed E-state index contributed by atoms with van der Waals surface area (Å²) in [5.41, 5.74) is -0.385. The van der Waals surface area contributed by atoms with Crippen LogP contribution in [0, 0.1) is 17.1 Å². The second-order valence-corrected chi connectivity index (χ2v) is 5.07. The number of hydrogen-bond acceptors (Lipinski definition) is 2. The molecule has 4 heteroatoms. The molecule has 1 aromatic carbocycles. The Bertz CT molecular complexity index is 501. The van der Waals surface area contributed by atoms with Gasteiger partial charge in [0.2, 0.25) is 5.91 Å². The molecule has 1 N–H and O–H groups in total. The van der Waals surface area contributed by atoms with Gasteiger partial charge in [0, 0.05) is 0 Å². The fraction of sp³-hybridized carbons (Fsp3) is 0.467. The SMILES string of the molecule is N#CC1(NC(=O)Cc2ccccc2F)CCCCC1. The van der Waals surface area contributed by atoms with Gasteiger partial charge in [-0.15, -0.1) is 0 Å². The van der Waals surface area contributed by atoms with Gasteiger partial charge in [0.05, 0.1) is 12.5 Å². The number of benzene rings is 1. The molecule has 0 spiro atoms. The van der Waals surface area contributed by atoms with Crippen LogP contribution in [-0.2, 0) is 11.2 Å². The molecule has 100 valence electrons. The van der Waals surface area contributed by atoms with E-state index in [-0.39, 0.29) is 18.1 Å². The Morgan fingerprint density at radius 3 is 2.63 bits per heavy atom. The molecular formula is C15H17FN2O. The predicted molar refractivity (Wildman–Crippen MR) is 69.7 cm³/mol. The molecule has 0 bridgehead atoms. The maximum Gasteiger partial charge on any atom is 0.225 e. The van der Waals surface area contributed by atoms with Gasteiger partial charge in [0.25, 0.3) is 0 Å². The van der Waals surface area contributed by atoms with E-state index in [0.29, 0.717) is 18.4 Å². The fourth-order valence-corrected chi connectivity index (χ4v) is 2.55. The summed E-state index contributed by atoms with van der Waals surface area (Å²) >= 11 is 0. The van der Waals surface area contributed by atoms with E-state index in [1.54, 1.807) is 18.2 Å². The molecule has 3 nitrogen and oxygen atoms in total. The highest BCUT2D eigenvalue weighted by Gasteiger charge is 2.33. The van der Waals surface area contributed by atoms with Gasteiger partial charge >= 0.3 is 0 Å². The second-order valence-electron chi connectivity index (χ2n) is 5.07. The monoisotopic (exact) mass is 260 g/mol. The second kappa shape index (κ2) is 5.83. The number of rotatable bonds is 3. The Hall–Kier alpha value is -1.89. The summed E-state index contributed by atoms with van der Waals surface area (Å²) in [6, 6.07) is 8.44. The van der Waals surface area contributed by atoms with Crippen molar-refractivity contribution in [1.29, 1.82) is 5.26 Å². The van der Waals surface area contributed by atoms with Crippen LogP contribution in [0.5, 0.6) is 0 Å². The Labute approximate surface area is 112 Å². The molecule has 1 saturated carbocycles. The summed E-state index contributed by atoms with van der Waals surface area (Å²) in [7, 11) is 0. The van der Waals surface area contributed by atoms with E-state index in [0.717, 1.165) is 19.3 Å². The molecule has 1 aliphatic carbocycles. The van der Waals surface area contributed by atoms with E-state index in [9.17, 15) is 14.4 Å². The first-order valence-electron chi connectivity index (χ1n) is 6.61. The van der Waals surface area contributed by atoms with Gasteiger partial charge in [-0.25, -0.2) is 4.39 Å². The van der Waals surface area contributed by atoms with Crippen LogP contribution >= 0.6 is 0 Å². The Balaban J connectivity index is 2.01. The van der Waals surface area contributed by atoms with Gasteiger partial charge in [0.1, 0.15) is 11.4 Å². The highest BCUT2D eigenvalue weighted by molar-refractivity contribution is 5.79. The van der Waals surface area contributed by atoms with Crippen molar-refractivity contribution in [3.05, 3.63) is 35.6 Å². The third-order valence-electron chi connectivity index (χ3n) is 3.61. The molecule has 0 radical (unpaired) electrons. The lowest BCUT2D eigenvalue weighted by molar-refractivity contribution is -0.122. The number of halogens is 1. The summed E-state index contributed by atoms with van der Waals surface area (Å²) in [6.07, 6.45) is 4.36. The zero-order valence-electron chi connectivity index (χ0n) is 10.8. The van der Waals surface area contributed by atoms with Crippen LogP contribution < -0.4 is 5.32 Å². The quantitative estimate of drug-likeness (QED) is 0.908. The predicted octanol–water partition coefficient (Wildman–Crippen LogP) is 2.71. The summed E-state index contributed by atoms with van der Waals surface area (Å²) < 4.78 is 13.5. The van der Waals surface area contributed by atoms with Crippen molar-refractivity contribution < 1.29 is 9.18 Å². The minimum absolute atomic E-state index is 0.0178. The van der Waals surface area contributed by atoms with E-state index in [1.807, 2.05) is 0 Å². The Kier molecular flexibility index (Phi) is 4.16. The minimum atomic E-state index is -0.749. The molecule has 0 aromatic heterocycles. The third-order valence-corrected chi connectivity index (χ3v) is 3.61. The first kappa shape index (κ1) is 13.5. The molecule has 19 heavy (non-hydrogen) atoms. The van der Waals surface area contributed by atoms with E-state index in [4.69, 9.17) is 0 Å². The first-order chi connectivity index (χ1) is 9.15. The highest BCUT2D eigenvalue weighted by atomic mass is 19.1. The summed E-state index contributed by atoms with van der Waals surface area (Å²) in [6.45, 7) is 0. The zero-order valence-corrected chi connectivity index (χ0v) is 10.8. The van der Waals surface area contributed by atoms with Crippen LogP contribution in [0.15, 0.2) is 24.3 Å². The van der Waals surface area contributed by atoms with Gasteiger partial charge in [-0.3, -0.25) is 4.79 Å². The van der Waals surface area contributed by atoms with Crippen LogP contribution in [-0.4, -0.2) is 11.4 Å². The maximum absolute atomic E-state index is 13.5. The average Bonchev–Trinajstić information content (AvgIpc) is 2.42. The highest BCUT2D eigenvalue weighted by Crippen LogP contribution is 2.27. The van der Waals surface area contributed by atoms with Crippen LogP contribution in [0.2, 0.25) is 0 Å². The average molecular weight is 260 g/mol. The van der Waals surface area contributed by atoms with Gasteiger partial charge in [-0.05, 0) is 24.5 Å². The topological polar surface area (TPSA) is 52.9 Å². The van der Waals surface area contributed by atoms with Crippen molar-refractivity contribution in [2.45, 2.75) is 44.1 Å². The largest absolute Gasteiger partial charge is 0.338 e. The van der Waals surface area contributed by atoms with Crippen molar-refractivity contribution in [3.63, 3.8) is 0 Å². The lowest BCUT2D eigenvalue weighted by Crippen LogP contribution is -2.49. The van der Waals surface area contributed by atoms with Crippen molar-refractivity contribution >= 4 is 5.91 Å². The smallest absolute Gasteiger partial charge is 0.225 e. The van der Waals surface area contributed by atoms with Crippen molar-refractivity contribution in [2.75, 3.05) is 0 Å². The third kappa shape index (κ3) is 3.31. The lowest BCUT2D eigenvalue weighted by Gasteiger charge is -2.31. The molecule has 1 aliphatic rings. The molecule has 1 fully saturated rings. The Morgan fingerprint density at radius 1 is 1.32 bits per heavy atom. The number of nitrogens with zero attached hydrogens (tertiary/aromatic N) is 1. The fourth-order valence-electron chi connectivity index (χ4n) is 2.55. The zero-order chi connectivity index (χ0) is 13.7. The van der Waals surface area contributed by atoms with Crippen molar-refractivity contribution in [3.8, 4) is 6.07 Å². The number of hydrogen-bond donors (Lipinski definition) is 1. The summed E-state index contributed by atoms with van der Waals surface area (Å²) in [4.78, 5) is 12.0. The number of amides is 1. The van der Waals surface area contributed by atoms with Crippen molar-refractivity contribution in [1.82, 2.24) is 5.32 Å². The number of nitrogens with one attached hydrogen (secondary N) is 1. The van der Waals surface area contributed by atoms with Crippen molar-refractivity contribution in [2.24, 2.45) is 0 Å². The first-order valence-corrected chi connectivity index (χ1v) is 6.61. The molecule has 0 heterocycles. The lowest BCUT2D eigenvalue weighted by atomic mass is 9.82. The molecule has 0 unspecified atom stereocenters. The van der Waals surface area contributed by atoms with Crippen LogP contribution in [0.25, 0.3) is 0 Å². The van der Waals surface area contributed by atoms with Crippen LogP contribution in [0.4, 0.5) is 4.39 Å². The number of carbonyl (C=O) groups is 1. The Morgan fingerprint density at radius 2 is 2.00 bits per heavy atom. The molecule has 2 rings (SSSR count). The number of nitriles is 1. The molecule has 0 atom stereocenters. The van der Waals surface area contributed by atoms with Gasteiger partial charge in [-0.2, -0.15) is 5.26 Å². The van der Waals surface area contributed by atoms with Gasteiger partial charge < -0.3 is 5.32 Å². The van der Waals surface area contributed by atoms with E-state index >= 15 is 0 Å².